The molecular weight excluding hydrogens is 464 g/mol. The van der Waals surface area contributed by atoms with Crippen molar-refractivity contribution >= 4 is 27.6 Å². The molecule has 0 aliphatic carbocycles. The van der Waals surface area contributed by atoms with E-state index in [1.807, 2.05) is 49.4 Å². The number of carbonyl (C=O) groups is 2. The van der Waals surface area contributed by atoms with Gasteiger partial charge in [-0.1, -0.05) is 35.9 Å². The van der Waals surface area contributed by atoms with Gasteiger partial charge < -0.3 is 15.5 Å². The zero-order valence-corrected chi connectivity index (χ0v) is 21.4. The number of nitrogens with one attached hydrogen (secondary N) is 2. The fourth-order valence-electron chi connectivity index (χ4n) is 5.23. The molecule has 0 radical (unpaired) electrons. The Morgan fingerprint density at radius 1 is 0.914 bits per heavy atom. The van der Waals surface area contributed by atoms with E-state index in [0.29, 0.717) is 61.3 Å². The summed E-state index contributed by atoms with van der Waals surface area (Å²) in [6.07, 6.45) is 2.42. The summed E-state index contributed by atoms with van der Waals surface area (Å²) >= 11 is 0. The van der Waals surface area contributed by atoms with Crippen LogP contribution in [-0.2, 0) is 14.8 Å². The van der Waals surface area contributed by atoms with E-state index >= 15 is 0 Å². The SMILES string of the molecule is Cc1cc(C)c(S(=O)(=O)N2CCCC2C(=O)NC2CCN(C(=O)Nc3ccccc3)CC2)c(C)c1. The van der Waals surface area contributed by atoms with E-state index in [9.17, 15) is 18.0 Å². The highest BCUT2D eigenvalue weighted by atomic mass is 32.2. The minimum absolute atomic E-state index is 0.0868. The van der Waals surface area contributed by atoms with Crippen molar-refractivity contribution in [3.63, 3.8) is 0 Å². The van der Waals surface area contributed by atoms with Gasteiger partial charge in [0.05, 0.1) is 4.90 Å². The van der Waals surface area contributed by atoms with E-state index in [-0.39, 0.29) is 18.0 Å². The topological polar surface area (TPSA) is 98.8 Å². The number of amides is 3. The van der Waals surface area contributed by atoms with Crippen molar-refractivity contribution in [2.75, 3.05) is 25.0 Å². The highest BCUT2D eigenvalue weighted by Gasteiger charge is 2.41. The maximum absolute atomic E-state index is 13.6. The predicted octanol–water partition coefficient (Wildman–Crippen LogP) is 3.58. The van der Waals surface area contributed by atoms with Crippen LogP contribution in [0.3, 0.4) is 0 Å². The van der Waals surface area contributed by atoms with Crippen molar-refractivity contribution in [1.82, 2.24) is 14.5 Å². The Balaban J connectivity index is 1.36. The van der Waals surface area contributed by atoms with Crippen LogP contribution in [0.5, 0.6) is 0 Å². The zero-order chi connectivity index (χ0) is 25.2. The first-order valence-corrected chi connectivity index (χ1v) is 13.6. The quantitative estimate of drug-likeness (QED) is 0.658. The summed E-state index contributed by atoms with van der Waals surface area (Å²) in [5, 5.41) is 5.95. The standard InChI is InChI=1S/C26H34N4O4S/c1-18-16-19(2)24(20(3)17-18)35(33,34)30-13-7-10-23(30)25(31)27-22-11-14-29(15-12-22)26(32)28-21-8-5-4-6-9-21/h4-6,8-9,16-17,22-23H,7,10-15H2,1-3H3,(H,27,31)(H,28,32). The summed E-state index contributed by atoms with van der Waals surface area (Å²) in [5.41, 5.74) is 3.16. The average Bonchev–Trinajstić information content (AvgIpc) is 3.31. The van der Waals surface area contributed by atoms with Gasteiger partial charge in [-0.15, -0.1) is 0 Å². The molecule has 4 rings (SSSR count). The van der Waals surface area contributed by atoms with Crippen molar-refractivity contribution in [3.8, 4) is 0 Å². The summed E-state index contributed by atoms with van der Waals surface area (Å²) in [6, 6.07) is 12.1. The van der Waals surface area contributed by atoms with E-state index in [1.54, 1.807) is 18.7 Å². The molecule has 2 fully saturated rings. The van der Waals surface area contributed by atoms with Crippen LogP contribution in [0.1, 0.15) is 42.4 Å². The highest BCUT2D eigenvalue weighted by Crippen LogP contribution is 2.31. The second-order valence-corrected chi connectivity index (χ2v) is 11.4. The second-order valence-electron chi connectivity index (χ2n) is 9.57. The normalized spacial score (nSPS) is 19.5. The third-order valence-electron chi connectivity index (χ3n) is 6.83. The van der Waals surface area contributed by atoms with Gasteiger partial charge in [-0.05, 0) is 69.7 Å². The van der Waals surface area contributed by atoms with E-state index in [2.05, 4.69) is 10.6 Å². The molecule has 0 spiro atoms. The Hall–Kier alpha value is -2.91. The molecule has 2 aliphatic heterocycles. The number of carbonyl (C=O) groups excluding carboxylic acids is 2. The molecule has 2 aromatic carbocycles. The first-order valence-electron chi connectivity index (χ1n) is 12.2. The number of hydrogen-bond acceptors (Lipinski definition) is 4. The first kappa shape index (κ1) is 25.2. The van der Waals surface area contributed by atoms with Gasteiger partial charge >= 0.3 is 6.03 Å². The summed E-state index contributed by atoms with van der Waals surface area (Å²) < 4.78 is 28.5. The Kier molecular flexibility index (Phi) is 7.47. The van der Waals surface area contributed by atoms with Crippen LogP contribution in [0.4, 0.5) is 10.5 Å². The van der Waals surface area contributed by atoms with Gasteiger partial charge in [-0.2, -0.15) is 4.31 Å². The van der Waals surface area contributed by atoms with Gasteiger partial charge in [0.2, 0.25) is 15.9 Å². The van der Waals surface area contributed by atoms with Crippen molar-refractivity contribution < 1.29 is 18.0 Å². The molecule has 8 nitrogen and oxygen atoms in total. The van der Waals surface area contributed by atoms with E-state index in [4.69, 9.17) is 0 Å². The smallest absolute Gasteiger partial charge is 0.321 e. The van der Waals surface area contributed by atoms with Crippen LogP contribution in [0, 0.1) is 20.8 Å². The summed E-state index contributed by atoms with van der Waals surface area (Å²) in [5.74, 6) is -0.249. The minimum Gasteiger partial charge on any atom is -0.352 e. The van der Waals surface area contributed by atoms with Gasteiger partial charge in [0, 0.05) is 31.4 Å². The van der Waals surface area contributed by atoms with Gasteiger partial charge in [0.25, 0.3) is 0 Å². The van der Waals surface area contributed by atoms with E-state index in [1.165, 1.54) is 4.31 Å². The molecule has 2 saturated heterocycles. The first-order chi connectivity index (χ1) is 16.7. The van der Waals surface area contributed by atoms with Crippen LogP contribution in [0.25, 0.3) is 0 Å². The molecule has 1 unspecified atom stereocenters. The van der Waals surface area contributed by atoms with Crippen molar-refractivity contribution in [2.45, 2.75) is 63.4 Å². The summed E-state index contributed by atoms with van der Waals surface area (Å²) in [7, 11) is -3.79. The molecule has 2 heterocycles. The van der Waals surface area contributed by atoms with Gasteiger partial charge in [-0.25, -0.2) is 13.2 Å². The minimum atomic E-state index is -3.79. The fraction of sp³-hybridized carbons (Fsp3) is 0.462. The molecule has 2 N–H and O–H groups in total. The van der Waals surface area contributed by atoms with Gasteiger partial charge in [0.1, 0.15) is 6.04 Å². The number of urea groups is 1. The Morgan fingerprint density at radius 3 is 2.17 bits per heavy atom. The molecule has 2 aromatic rings. The van der Waals surface area contributed by atoms with Crippen molar-refractivity contribution in [1.29, 1.82) is 0 Å². The number of likely N-dealkylation sites (tertiary alicyclic amines) is 1. The molecule has 0 saturated carbocycles. The number of rotatable bonds is 5. The van der Waals surface area contributed by atoms with E-state index < -0.39 is 16.1 Å². The average molecular weight is 499 g/mol. The van der Waals surface area contributed by atoms with Crippen LogP contribution in [0.15, 0.2) is 47.4 Å². The number of benzene rings is 2. The number of nitrogens with zero attached hydrogens (tertiary/aromatic N) is 2. The molecule has 3 amide bonds. The lowest BCUT2D eigenvalue weighted by atomic mass is 10.0. The Bertz CT molecular complexity index is 1170. The van der Waals surface area contributed by atoms with Crippen molar-refractivity contribution in [2.24, 2.45) is 0 Å². The lowest BCUT2D eigenvalue weighted by Gasteiger charge is -2.33. The number of sulfonamides is 1. The molecule has 188 valence electrons. The van der Waals surface area contributed by atoms with E-state index in [0.717, 1.165) is 11.3 Å². The molecule has 0 bridgehead atoms. The largest absolute Gasteiger partial charge is 0.352 e. The summed E-state index contributed by atoms with van der Waals surface area (Å²) in [6.45, 7) is 6.94. The van der Waals surface area contributed by atoms with Crippen LogP contribution in [-0.4, -0.2) is 61.3 Å². The van der Waals surface area contributed by atoms with Gasteiger partial charge in [0.15, 0.2) is 0 Å². The molecule has 35 heavy (non-hydrogen) atoms. The number of piperidine rings is 1. The van der Waals surface area contributed by atoms with Crippen molar-refractivity contribution in [3.05, 3.63) is 59.2 Å². The molecular formula is C26H34N4O4S. The predicted molar refractivity (Wildman–Crippen MR) is 136 cm³/mol. The number of hydrogen-bond donors (Lipinski definition) is 2. The lowest BCUT2D eigenvalue weighted by Crippen LogP contribution is -2.52. The lowest BCUT2D eigenvalue weighted by molar-refractivity contribution is -0.125. The third kappa shape index (κ3) is 5.51. The number of para-hydroxylation sites is 1. The van der Waals surface area contributed by atoms with Crippen LogP contribution >= 0.6 is 0 Å². The van der Waals surface area contributed by atoms with Gasteiger partial charge in [-0.3, -0.25) is 4.79 Å². The molecule has 1 atom stereocenters. The zero-order valence-electron chi connectivity index (χ0n) is 20.6. The number of aryl methyl sites for hydroxylation is 3. The van der Waals surface area contributed by atoms with Crippen LogP contribution < -0.4 is 10.6 Å². The molecule has 2 aliphatic rings. The Morgan fingerprint density at radius 2 is 1.54 bits per heavy atom. The highest BCUT2D eigenvalue weighted by molar-refractivity contribution is 7.89. The monoisotopic (exact) mass is 498 g/mol. The van der Waals surface area contributed by atoms with Crippen LogP contribution in [0.2, 0.25) is 0 Å². The third-order valence-corrected chi connectivity index (χ3v) is 9.05. The second kappa shape index (κ2) is 10.4. The fourth-order valence-corrected chi connectivity index (χ4v) is 7.30. The Labute approximate surface area is 207 Å². The molecule has 9 heteroatoms. The maximum atomic E-state index is 13.6. The number of anilines is 1. The molecule has 0 aromatic heterocycles. The maximum Gasteiger partial charge on any atom is 0.321 e. The summed E-state index contributed by atoms with van der Waals surface area (Å²) in [4.78, 5) is 27.7.